The molecule has 3 aromatic rings. The molecule has 0 N–H and O–H groups in total. The molecule has 0 aliphatic carbocycles. The molecule has 0 aliphatic heterocycles. The van der Waals surface area contributed by atoms with Crippen molar-refractivity contribution >= 4 is 22.2 Å². The van der Waals surface area contributed by atoms with E-state index in [1.165, 1.54) is 0 Å². The SMILES string of the molecule is Cc1ccc2cc(OCc3nccs3)ccc2n1. The van der Waals surface area contributed by atoms with Gasteiger partial charge in [0, 0.05) is 22.7 Å². The van der Waals surface area contributed by atoms with Crippen LogP contribution in [0.3, 0.4) is 0 Å². The molecule has 0 spiro atoms. The van der Waals surface area contributed by atoms with Gasteiger partial charge in [-0.3, -0.25) is 4.98 Å². The Kier molecular flexibility index (Phi) is 2.94. The van der Waals surface area contributed by atoms with E-state index in [0.717, 1.165) is 27.4 Å². The number of rotatable bonds is 3. The Bertz CT molecular complexity index is 665. The maximum absolute atomic E-state index is 5.71. The minimum absolute atomic E-state index is 0.516. The highest BCUT2D eigenvalue weighted by molar-refractivity contribution is 7.09. The Hall–Kier alpha value is -1.94. The second kappa shape index (κ2) is 4.74. The molecule has 0 unspecified atom stereocenters. The number of hydrogen-bond donors (Lipinski definition) is 0. The third kappa shape index (κ3) is 2.33. The van der Waals surface area contributed by atoms with Crippen LogP contribution < -0.4 is 4.74 Å². The van der Waals surface area contributed by atoms with Crippen molar-refractivity contribution in [3.05, 3.63) is 52.6 Å². The van der Waals surface area contributed by atoms with Crippen LogP contribution in [0.2, 0.25) is 0 Å². The topological polar surface area (TPSA) is 35.0 Å². The predicted molar refractivity (Wildman–Crippen MR) is 72.9 cm³/mol. The van der Waals surface area contributed by atoms with Crippen LogP contribution in [-0.2, 0) is 6.61 Å². The van der Waals surface area contributed by atoms with Crippen LogP contribution in [0, 0.1) is 6.92 Å². The van der Waals surface area contributed by atoms with Crippen LogP contribution in [0.5, 0.6) is 5.75 Å². The summed E-state index contributed by atoms with van der Waals surface area (Å²) >= 11 is 1.60. The maximum atomic E-state index is 5.71. The number of thiazole rings is 1. The summed E-state index contributed by atoms with van der Waals surface area (Å²) in [6, 6.07) is 10.0. The van der Waals surface area contributed by atoms with Crippen molar-refractivity contribution in [1.29, 1.82) is 0 Å². The molecule has 0 bridgehead atoms. The highest BCUT2D eigenvalue weighted by Crippen LogP contribution is 2.21. The van der Waals surface area contributed by atoms with Crippen LogP contribution >= 0.6 is 11.3 Å². The van der Waals surface area contributed by atoms with Gasteiger partial charge in [0.2, 0.25) is 0 Å². The highest BCUT2D eigenvalue weighted by Gasteiger charge is 2.01. The van der Waals surface area contributed by atoms with Gasteiger partial charge in [0.1, 0.15) is 17.4 Å². The van der Waals surface area contributed by atoms with Gasteiger partial charge in [-0.05, 0) is 31.2 Å². The summed E-state index contributed by atoms with van der Waals surface area (Å²) in [5.41, 5.74) is 2.02. The van der Waals surface area contributed by atoms with Crippen molar-refractivity contribution in [3.8, 4) is 5.75 Å². The Morgan fingerprint density at radius 3 is 3.00 bits per heavy atom. The molecule has 90 valence electrons. The molecule has 0 atom stereocenters. The van der Waals surface area contributed by atoms with Crippen LogP contribution in [0.25, 0.3) is 10.9 Å². The number of pyridine rings is 1. The summed E-state index contributed by atoms with van der Waals surface area (Å²) in [6.45, 7) is 2.51. The van der Waals surface area contributed by atoms with Gasteiger partial charge in [-0.2, -0.15) is 0 Å². The third-order valence-electron chi connectivity index (χ3n) is 2.65. The van der Waals surface area contributed by atoms with Gasteiger partial charge >= 0.3 is 0 Å². The Labute approximate surface area is 109 Å². The van der Waals surface area contributed by atoms with Gasteiger partial charge in [0.15, 0.2) is 0 Å². The molecule has 0 amide bonds. The number of fused-ring (bicyclic) bond motifs is 1. The largest absolute Gasteiger partial charge is 0.486 e. The summed E-state index contributed by atoms with van der Waals surface area (Å²) in [4.78, 5) is 8.65. The molecule has 0 saturated carbocycles. The normalized spacial score (nSPS) is 10.7. The zero-order valence-corrected chi connectivity index (χ0v) is 10.8. The van der Waals surface area contributed by atoms with E-state index in [0.29, 0.717) is 6.61 Å². The second-order valence-electron chi connectivity index (χ2n) is 4.02. The number of nitrogens with zero attached hydrogens (tertiary/aromatic N) is 2. The lowest BCUT2D eigenvalue weighted by molar-refractivity contribution is 0.306. The third-order valence-corrected chi connectivity index (χ3v) is 3.40. The van der Waals surface area contributed by atoms with Crippen LogP contribution in [-0.4, -0.2) is 9.97 Å². The number of hydrogen-bond acceptors (Lipinski definition) is 4. The molecule has 0 saturated heterocycles. The number of benzene rings is 1. The van der Waals surface area contributed by atoms with Gasteiger partial charge in [-0.1, -0.05) is 6.07 Å². The van der Waals surface area contributed by atoms with E-state index < -0.39 is 0 Å². The van der Waals surface area contributed by atoms with Crippen molar-refractivity contribution in [3.63, 3.8) is 0 Å². The van der Waals surface area contributed by atoms with E-state index in [9.17, 15) is 0 Å². The lowest BCUT2D eigenvalue weighted by Gasteiger charge is -2.05. The summed E-state index contributed by atoms with van der Waals surface area (Å²) in [5.74, 6) is 0.850. The van der Waals surface area contributed by atoms with Crippen molar-refractivity contribution in [2.24, 2.45) is 0 Å². The Balaban J connectivity index is 1.82. The quantitative estimate of drug-likeness (QED) is 0.718. The molecule has 1 aromatic carbocycles. The van der Waals surface area contributed by atoms with Crippen molar-refractivity contribution in [2.75, 3.05) is 0 Å². The van der Waals surface area contributed by atoms with Gasteiger partial charge < -0.3 is 4.74 Å². The van der Waals surface area contributed by atoms with Gasteiger partial charge in [-0.15, -0.1) is 11.3 Å². The Morgan fingerprint density at radius 2 is 2.17 bits per heavy atom. The lowest BCUT2D eigenvalue weighted by atomic mass is 10.2. The second-order valence-corrected chi connectivity index (χ2v) is 5.00. The Morgan fingerprint density at radius 1 is 1.22 bits per heavy atom. The van der Waals surface area contributed by atoms with Crippen LogP contribution in [0.1, 0.15) is 10.7 Å². The van der Waals surface area contributed by atoms with Crippen LogP contribution in [0.15, 0.2) is 41.9 Å². The van der Waals surface area contributed by atoms with Crippen molar-refractivity contribution in [1.82, 2.24) is 9.97 Å². The lowest BCUT2D eigenvalue weighted by Crippen LogP contribution is -1.94. The molecular weight excluding hydrogens is 244 g/mol. The first-order chi connectivity index (χ1) is 8.81. The van der Waals surface area contributed by atoms with E-state index in [-0.39, 0.29) is 0 Å². The molecule has 2 aromatic heterocycles. The molecule has 2 heterocycles. The fraction of sp³-hybridized carbons (Fsp3) is 0.143. The zero-order chi connectivity index (χ0) is 12.4. The number of ether oxygens (including phenoxy) is 1. The number of aryl methyl sites for hydroxylation is 1. The zero-order valence-electron chi connectivity index (χ0n) is 9.96. The molecule has 3 rings (SSSR count). The van der Waals surface area contributed by atoms with Gasteiger partial charge in [0.05, 0.1) is 5.52 Å². The summed E-state index contributed by atoms with van der Waals surface area (Å²) in [5, 5.41) is 4.03. The molecule has 4 heteroatoms. The van der Waals surface area contributed by atoms with Crippen molar-refractivity contribution < 1.29 is 4.74 Å². The summed E-state index contributed by atoms with van der Waals surface area (Å²) in [7, 11) is 0. The summed E-state index contributed by atoms with van der Waals surface area (Å²) in [6.07, 6.45) is 1.79. The first kappa shape index (κ1) is 11.2. The molecule has 0 radical (unpaired) electrons. The van der Waals surface area contributed by atoms with Crippen LogP contribution in [0.4, 0.5) is 0 Å². The maximum Gasteiger partial charge on any atom is 0.140 e. The van der Waals surface area contributed by atoms with E-state index in [2.05, 4.69) is 16.0 Å². The first-order valence-electron chi connectivity index (χ1n) is 5.70. The molecule has 18 heavy (non-hydrogen) atoms. The van der Waals surface area contributed by atoms with Crippen molar-refractivity contribution in [2.45, 2.75) is 13.5 Å². The highest BCUT2D eigenvalue weighted by atomic mass is 32.1. The molecule has 0 fully saturated rings. The minimum Gasteiger partial charge on any atom is -0.486 e. The average molecular weight is 256 g/mol. The van der Waals surface area contributed by atoms with Gasteiger partial charge in [0.25, 0.3) is 0 Å². The van der Waals surface area contributed by atoms with E-state index in [1.54, 1.807) is 17.5 Å². The molecule has 3 nitrogen and oxygen atoms in total. The summed E-state index contributed by atoms with van der Waals surface area (Å²) < 4.78 is 5.71. The molecule has 0 aliphatic rings. The fourth-order valence-electron chi connectivity index (χ4n) is 1.76. The van der Waals surface area contributed by atoms with Gasteiger partial charge in [-0.25, -0.2) is 4.98 Å². The monoisotopic (exact) mass is 256 g/mol. The fourth-order valence-corrected chi connectivity index (χ4v) is 2.29. The average Bonchev–Trinajstić information content (AvgIpc) is 2.89. The molecular formula is C14H12N2OS. The predicted octanol–water partition coefficient (Wildman–Crippen LogP) is 3.58. The smallest absolute Gasteiger partial charge is 0.140 e. The standard InChI is InChI=1S/C14H12N2OS/c1-10-2-3-11-8-12(4-5-13(11)16-10)17-9-14-15-6-7-18-14/h2-8H,9H2,1H3. The van der Waals surface area contributed by atoms with E-state index in [4.69, 9.17) is 4.74 Å². The van der Waals surface area contributed by atoms with E-state index in [1.807, 2.05) is 36.6 Å². The first-order valence-corrected chi connectivity index (χ1v) is 6.58. The minimum atomic E-state index is 0.516. The van der Waals surface area contributed by atoms with E-state index >= 15 is 0 Å². The number of aromatic nitrogens is 2.